The number of carboxylic acid groups (broad SMARTS) is 1. The number of fused-ring (bicyclic) bond motifs is 2. The average Bonchev–Trinajstić information content (AvgIpc) is 2.58. The lowest BCUT2D eigenvalue weighted by Gasteiger charge is -1.93. The van der Waals surface area contributed by atoms with E-state index in [0.29, 0.717) is 0 Å². The fraction of sp³-hybridized carbons (Fsp3) is 0. The molecule has 2 aromatic carbocycles. The van der Waals surface area contributed by atoms with Gasteiger partial charge in [0.2, 0.25) is 0 Å². The maximum Gasteiger partial charge on any atom is 0.335 e. The zero-order valence-electron chi connectivity index (χ0n) is 8.92. The SMILES string of the molecule is O=C(O)c1cc2cc3cccccc3nc2c1. The van der Waals surface area contributed by atoms with E-state index < -0.39 is 5.97 Å². The van der Waals surface area contributed by atoms with E-state index >= 15 is 0 Å². The van der Waals surface area contributed by atoms with Crippen LogP contribution in [0.3, 0.4) is 0 Å². The molecule has 3 heteroatoms. The number of aromatic nitrogens is 1. The summed E-state index contributed by atoms with van der Waals surface area (Å²) in [6.45, 7) is 0. The van der Waals surface area contributed by atoms with Crippen molar-refractivity contribution in [2.24, 2.45) is 0 Å². The van der Waals surface area contributed by atoms with Gasteiger partial charge in [0.15, 0.2) is 0 Å². The largest absolute Gasteiger partial charge is 0.478 e. The number of hydrogen-bond acceptors (Lipinski definition) is 2. The van der Waals surface area contributed by atoms with Crippen molar-refractivity contribution in [2.75, 3.05) is 0 Å². The van der Waals surface area contributed by atoms with Gasteiger partial charge >= 0.3 is 5.97 Å². The molecule has 0 saturated heterocycles. The molecule has 0 radical (unpaired) electrons. The van der Waals surface area contributed by atoms with Crippen molar-refractivity contribution in [3.63, 3.8) is 0 Å². The normalized spacial score (nSPS) is 10.8. The summed E-state index contributed by atoms with van der Waals surface area (Å²) in [4.78, 5) is 15.3. The van der Waals surface area contributed by atoms with E-state index in [1.54, 1.807) is 12.1 Å². The second kappa shape index (κ2) is 3.56. The molecular formula is C14H9NO2. The van der Waals surface area contributed by atoms with Gasteiger partial charge in [0, 0.05) is 10.8 Å². The maximum atomic E-state index is 10.9. The molecule has 82 valence electrons. The second-order valence-corrected chi connectivity index (χ2v) is 3.90. The van der Waals surface area contributed by atoms with Crippen molar-refractivity contribution in [3.05, 3.63) is 54.1 Å². The molecule has 0 saturated carbocycles. The van der Waals surface area contributed by atoms with Crippen molar-refractivity contribution in [3.8, 4) is 0 Å². The lowest BCUT2D eigenvalue weighted by molar-refractivity contribution is 0.0697. The third-order valence-corrected chi connectivity index (χ3v) is 2.75. The topological polar surface area (TPSA) is 50.2 Å². The minimum Gasteiger partial charge on any atom is -0.478 e. The Morgan fingerprint density at radius 2 is 1.76 bits per heavy atom. The zero-order chi connectivity index (χ0) is 11.8. The number of pyridine rings is 1. The van der Waals surface area contributed by atoms with Crippen LogP contribution in [0.15, 0.2) is 48.5 Å². The van der Waals surface area contributed by atoms with Gasteiger partial charge in [-0.05, 0) is 24.3 Å². The second-order valence-electron chi connectivity index (χ2n) is 3.90. The standard InChI is InChI=1S/C14H9NO2/c16-14(17)11-7-10-6-9-4-2-1-3-5-12(9)15-13(10)8-11/h1-8H,(H,16,17). The van der Waals surface area contributed by atoms with Crippen molar-refractivity contribution in [1.29, 1.82) is 0 Å². The van der Waals surface area contributed by atoms with Crippen LogP contribution in [0.25, 0.3) is 21.8 Å². The zero-order valence-corrected chi connectivity index (χ0v) is 8.92. The molecule has 1 heterocycles. The molecule has 0 atom stereocenters. The molecule has 3 aromatic rings. The van der Waals surface area contributed by atoms with Crippen LogP contribution in [0.5, 0.6) is 0 Å². The molecule has 3 rings (SSSR count). The quantitative estimate of drug-likeness (QED) is 0.689. The first-order valence-corrected chi connectivity index (χ1v) is 5.27. The molecule has 0 aliphatic heterocycles. The fourth-order valence-electron chi connectivity index (χ4n) is 1.92. The highest BCUT2D eigenvalue weighted by Gasteiger charge is 2.08. The summed E-state index contributed by atoms with van der Waals surface area (Å²) in [7, 11) is 0. The summed E-state index contributed by atoms with van der Waals surface area (Å²) in [6.07, 6.45) is 0. The molecule has 0 amide bonds. The first-order valence-electron chi connectivity index (χ1n) is 5.27. The molecule has 3 nitrogen and oxygen atoms in total. The first-order chi connectivity index (χ1) is 8.24. The Labute approximate surface area is 97.3 Å². The van der Waals surface area contributed by atoms with Gasteiger partial charge in [-0.2, -0.15) is 0 Å². The number of aromatic carboxylic acids is 1. The van der Waals surface area contributed by atoms with E-state index in [0.717, 1.165) is 21.8 Å². The van der Waals surface area contributed by atoms with Gasteiger partial charge in [-0.25, -0.2) is 9.78 Å². The summed E-state index contributed by atoms with van der Waals surface area (Å²) in [5.41, 5.74) is 1.87. The van der Waals surface area contributed by atoms with E-state index in [1.807, 2.05) is 36.4 Å². The smallest absolute Gasteiger partial charge is 0.335 e. The summed E-state index contributed by atoms with van der Waals surface area (Å²) in [5.74, 6) is -0.919. The molecule has 1 N–H and O–H groups in total. The summed E-state index contributed by atoms with van der Waals surface area (Å²) in [5, 5.41) is 10.8. The lowest BCUT2D eigenvalue weighted by atomic mass is 10.2. The Kier molecular flexibility index (Phi) is 2.05. The summed E-state index contributed by atoms with van der Waals surface area (Å²) in [6, 6.07) is 14.9. The van der Waals surface area contributed by atoms with Crippen LogP contribution in [0.4, 0.5) is 0 Å². The van der Waals surface area contributed by atoms with Crippen molar-refractivity contribution in [2.45, 2.75) is 0 Å². The van der Waals surface area contributed by atoms with Crippen LogP contribution in [0.1, 0.15) is 10.4 Å². The van der Waals surface area contributed by atoms with E-state index in [1.165, 1.54) is 0 Å². The minimum absolute atomic E-state index is 0.284. The van der Waals surface area contributed by atoms with Gasteiger partial charge < -0.3 is 5.11 Å². The minimum atomic E-state index is -0.919. The maximum absolute atomic E-state index is 10.9. The lowest BCUT2D eigenvalue weighted by Crippen LogP contribution is -1.91. The summed E-state index contributed by atoms with van der Waals surface area (Å²) < 4.78 is 0. The monoisotopic (exact) mass is 223 g/mol. The van der Waals surface area contributed by atoms with Crippen LogP contribution in [0.2, 0.25) is 0 Å². The number of carboxylic acids is 1. The third kappa shape index (κ3) is 1.61. The van der Waals surface area contributed by atoms with Crippen LogP contribution >= 0.6 is 0 Å². The van der Waals surface area contributed by atoms with Gasteiger partial charge in [0.1, 0.15) is 0 Å². The number of nitrogens with zero attached hydrogens (tertiary/aromatic N) is 1. The number of hydrogen-bond donors (Lipinski definition) is 1. The molecule has 0 spiro atoms. The predicted octanol–water partition coefficient (Wildman–Crippen LogP) is 3.09. The van der Waals surface area contributed by atoms with Gasteiger partial charge in [0.05, 0.1) is 16.6 Å². The predicted molar refractivity (Wildman–Crippen MR) is 66.2 cm³/mol. The molecule has 17 heavy (non-hydrogen) atoms. The molecule has 0 fully saturated rings. The Morgan fingerprint density at radius 3 is 2.59 bits per heavy atom. The molecule has 0 bridgehead atoms. The average molecular weight is 223 g/mol. The molecule has 0 aliphatic rings. The Hall–Kier alpha value is -2.42. The number of rotatable bonds is 1. The highest BCUT2D eigenvalue weighted by Crippen LogP contribution is 2.22. The molecule has 0 aliphatic carbocycles. The van der Waals surface area contributed by atoms with Crippen molar-refractivity contribution in [1.82, 2.24) is 4.98 Å². The number of carbonyl (C=O) groups is 1. The van der Waals surface area contributed by atoms with E-state index in [2.05, 4.69) is 4.98 Å². The van der Waals surface area contributed by atoms with Gasteiger partial charge in [-0.15, -0.1) is 0 Å². The first kappa shape index (κ1) is 9.78. The molecule has 0 unspecified atom stereocenters. The molecular weight excluding hydrogens is 214 g/mol. The van der Waals surface area contributed by atoms with Crippen LogP contribution in [-0.2, 0) is 0 Å². The highest BCUT2D eigenvalue weighted by atomic mass is 16.4. The Morgan fingerprint density at radius 1 is 0.941 bits per heavy atom. The molecule has 1 aromatic heterocycles. The highest BCUT2D eigenvalue weighted by molar-refractivity contribution is 6.00. The van der Waals surface area contributed by atoms with Gasteiger partial charge in [0.25, 0.3) is 0 Å². The fourth-order valence-corrected chi connectivity index (χ4v) is 1.92. The summed E-state index contributed by atoms with van der Waals surface area (Å²) >= 11 is 0. The third-order valence-electron chi connectivity index (χ3n) is 2.75. The Bertz CT molecular complexity index is 681. The van der Waals surface area contributed by atoms with Crippen LogP contribution < -0.4 is 0 Å². The van der Waals surface area contributed by atoms with Crippen molar-refractivity contribution >= 4 is 27.8 Å². The van der Waals surface area contributed by atoms with E-state index in [-0.39, 0.29) is 5.56 Å². The van der Waals surface area contributed by atoms with E-state index in [4.69, 9.17) is 5.11 Å². The van der Waals surface area contributed by atoms with Crippen LogP contribution in [-0.4, -0.2) is 16.1 Å². The van der Waals surface area contributed by atoms with Crippen LogP contribution in [0, 0.1) is 0 Å². The van der Waals surface area contributed by atoms with E-state index in [9.17, 15) is 4.79 Å². The van der Waals surface area contributed by atoms with Crippen molar-refractivity contribution < 1.29 is 9.90 Å². The van der Waals surface area contributed by atoms with Gasteiger partial charge in [-0.1, -0.05) is 24.3 Å². The van der Waals surface area contributed by atoms with Gasteiger partial charge in [-0.3, -0.25) is 0 Å². The Balaban J connectivity index is 2.39.